The summed E-state index contributed by atoms with van der Waals surface area (Å²) in [5.41, 5.74) is 0. The van der Waals surface area contributed by atoms with E-state index in [2.05, 4.69) is 37.5 Å². The minimum Gasteiger partial charge on any atom is -0.352 e. The van der Waals surface area contributed by atoms with Crippen molar-refractivity contribution in [2.24, 2.45) is 12.0 Å². The number of aryl methyl sites for hydroxylation is 1. The van der Waals surface area contributed by atoms with Gasteiger partial charge in [-0.05, 0) is 26.2 Å². The number of hydrogen-bond donors (Lipinski definition) is 2. The van der Waals surface area contributed by atoms with Gasteiger partial charge in [0.25, 0.3) is 0 Å². The van der Waals surface area contributed by atoms with E-state index in [9.17, 15) is 0 Å². The number of rotatable bonds is 4. The number of guanidine groups is 1. The van der Waals surface area contributed by atoms with Gasteiger partial charge >= 0.3 is 0 Å². The Kier molecular flexibility index (Phi) is 6.01. The quantitative estimate of drug-likeness (QED) is 0.428. The zero-order valence-corrected chi connectivity index (χ0v) is 15.8. The molecule has 1 saturated heterocycles. The topological polar surface area (TPSA) is 70.4 Å². The van der Waals surface area contributed by atoms with E-state index in [1.165, 1.54) is 19.3 Å². The van der Waals surface area contributed by atoms with E-state index < -0.39 is 0 Å². The Labute approximate surface area is 149 Å². The summed E-state index contributed by atoms with van der Waals surface area (Å²) in [6.07, 6.45) is 5.49. The first-order valence-electron chi connectivity index (χ1n) is 7.73. The minimum absolute atomic E-state index is 0. The lowest BCUT2D eigenvalue weighted by molar-refractivity contribution is 0.256. The molecule has 8 heteroatoms. The first kappa shape index (κ1) is 17.5. The fourth-order valence-electron chi connectivity index (χ4n) is 3.11. The fourth-order valence-corrected chi connectivity index (χ4v) is 3.11. The summed E-state index contributed by atoms with van der Waals surface area (Å²) >= 11 is 0. The van der Waals surface area contributed by atoms with E-state index in [0.717, 1.165) is 24.4 Å². The molecule has 2 unspecified atom stereocenters. The largest absolute Gasteiger partial charge is 0.352 e. The molecule has 2 aliphatic rings. The molecule has 0 amide bonds. The van der Waals surface area contributed by atoms with Gasteiger partial charge in [-0.15, -0.1) is 24.0 Å². The molecule has 2 N–H and O–H groups in total. The Morgan fingerprint density at radius 2 is 2.23 bits per heavy atom. The number of hydrogen-bond acceptors (Lipinski definition) is 4. The van der Waals surface area contributed by atoms with Crippen LogP contribution in [-0.2, 0) is 13.6 Å². The minimum atomic E-state index is 0. The Morgan fingerprint density at radius 3 is 2.82 bits per heavy atom. The van der Waals surface area contributed by atoms with E-state index in [0.29, 0.717) is 18.6 Å². The van der Waals surface area contributed by atoms with Crippen LogP contribution in [0.25, 0.3) is 0 Å². The third kappa shape index (κ3) is 4.09. The predicted octanol–water partition coefficient (Wildman–Crippen LogP) is 0.723. The van der Waals surface area contributed by atoms with Crippen molar-refractivity contribution in [3.05, 3.63) is 12.2 Å². The molecular weight excluding hydrogens is 393 g/mol. The third-order valence-corrected chi connectivity index (χ3v) is 4.42. The molecule has 2 atom stereocenters. The Bertz CT molecular complexity index is 511. The van der Waals surface area contributed by atoms with Crippen LogP contribution in [0.15, 0.2) is 11.3 Å². The average molecular weight is 419 g/mol. The highest BCUT2D eigenvalue weighted by molar-refractivity contribution is 14.0. The summed E-state index contributed by atoms with van der Waals surface area (Å²) in [7, 11) is 3.70. The van der Waals surface area contributed by atoms with Crippen LogP contribution in [0.1, 0.15) is 32.0 Å². The van der Waals surface area contributed by atoms with Crippen molar-refractivity contribution in [3.63, 3.8) is 0 Å². The van der Waals surface area contributed by atoms with Crippen LogP contribution >= 0.6 is 24.0 Å². The third-order valence-electron chi connectivity index (χ3n) is 4.42. The molecule has 2 fully saturated rings. The molecule has 1 aromatic heterocycles. The average Bonchev–Trinajstić information content (AvgIpc) is 3.13. The normalized spacial score (nSPS) is 25.9. The second-order valence-electron chi connectivity index (χ2n) is 6.08. The molecule has 0 bridgehead atoms. The number of nitrogens with one attached hydrogen (secondary N) is 2. The van der Waals surface area contributed by atoms with Crippen molar-refractivity contribution in [2.45, 2.75) is 50.9 Å². The lowest BCUT2D eigenvalue weighted by Gasteiger charge is -2.20. The smallest absolute Gasteiger partial charge is 0.191 e. The molecular formula is C14H26IN7. The number of aromatic nitrogens is 3. The van der Waals surface area contributed by atoms with Gasteiger partial charge < -0.3 is 10.6 Å². The summed E-state index contributed by atoms with van der Waals surface area (Å²) in [5.74, 6) is 1.74. The summed E-state index contributed by atoms with van der Waals surface area (Å²) < 4.78 is 1.77. The summed E-state index contributed by atoms with van der Waals surface area (Å²) in [6, 6.07) is 1.98. The number of nitrogens with zero attached hydrogens (tertiary/aromatic N) is 5. The van der Waals surface area contributed by atoms with Crippen LogP contribution in [0, 0.1) is 0 Å². The van der Waals surface area contributed by atoms with Crippen molar-refractivity contribution in [1.29, 1.82) is 0 Å². The van der Waals surface area contributed by atoms with Gasteiger partial charge in [0, 0.05) is 38.8 Å². The van der Waals surface area contributed by atoms with Crippen molar-refractivity contribution >= 4 is 29.9 Å². The zero-order chi connectivity index (χ0) is 14.8. The van der Waals surface area contributed by atoms with Gasteiger partial charge in [0.15, 0.2) is 5.96 Å². The molecule has 1 aliphatic carbocycles. The van der Waals surface area contributed by atoms with E-state index in [4.69, 9.17) is 0 Å². The molecule has 7 nitrogen and oxygen atoms in total. The van der Waals surface area contributed by atoms with Crippen LogP contribution in [0.2, 0.25) is 0 Å². The molecule has 2 heterocycles. The van der Waals surface area contributed by atoms with Crippen molar-refractivity contribution < 1.29 is 0 Å². The van der Waals surface area contributed by atoms with E-state index >= 15 is 0 Å². The number of aliphatic imine (C=N–C) groups is 1. The van der Waals surface area contributed by atoms with Crippen molar-refractivity contribution in [1.82, 2.24) is 30.3 Å². The Balaban J connectivity index is 0.00000176. The van der Waals surface area contributed by atoms with Crippen LogP contribution in [-0.4, -0.2) is 57.3 Å². The van der Waals surface area contributed by atoms with Gasteiger partial charge in [0.2, 0.25) is 0 Å². The predicted molar refractivity (Wildman–Crippen MR) is 97.3 cm³/mol. The van der Waals surface area contributed by atoms with Crippen LogP contribution in [0.3, 0.4) is 0 Å². The maximum atomic E-state index is 4.31. The first-order valence-corrected chi connectivity index (χ1v) is 7.73. The Hall–Kier alpha value is -0.900. The molecule has 1 aromatic rings. The van der Waals surface area contributed by atoms with Gasteiger partial charge in [-0.25, -0.2) is 4.98 Å². The fraction of sp³-hybridized carbons (Fsp3) is 0.786. The van der Waals surface area contributed by atoms with Gasteiger partial charge in [-0.2, -0.15) is 5.10 Å². The first-order chi connectivity index (χ1) is 10.2. The highest BCUT2D eigenvalue weighted by atomic mass is 127. The molecule has 124 valence electrons. The van der Waals surface area contributed by atoms with Gasteiger partial charge in [0.05, 0.1) is 6.54 Å². The number of likely N-dealkylation sites (tertiary alicyclic amines) is 1. The van der Waals surface area contributed by atoms with Gasteiger partial charge in [-0.3, -0.25) is 14.6 Å². The zero-order valence-electron chi connectivity index (χ0n) is 13.5. The molecule has 22 heavy (non-hydrogen) atoms. The maximum absolute atomic E-state index is 4.31. The molecule has 1 saturated carbocycles. The maximum Gasteiger partial charge on any atom is 0.191 e. The highest BCUT2D eigenvalue weighted by Gasteiger charge is 2.38. The second kappa shape index (κ2) is 7.58. The van der Waals surface area contributed by atoms with E-state index in [1.807, 2.05) is 14.1 Å². The van der Waals surface area contributed by atoms with E-state index in [1.54, 1.807) is 11.0 Å². The standard InChI is InChI=1S/C14H25N7.HI/c1-10-6-11(8-21(10)12-4-5-12)19-14(15-2)16-7-13-17-9-18-20(13)3;/h9-12H,4-8H2,1-3H3,(H2,15,16,19);1H. The lowest BCUT2D eigenvalue weighted by Crippen LogP contribution is -2.44. The lowest BCUT2D eigenvalue weighted by atomic mass is 10.2. The SMILES string of the molecule is CN=C(NCc1ncnn1C)NC1CC(C)N(C2CC2)C1.I. The second-order valence-corrected chi connectivity index (χ2v) is 6.08. The van der Waals surface area contributed by atoms with Crippen molar-refractivity contribution in [2.75, 3.05) is 13.6 Å². The van der Waals surface area contributed by atoms with Crippen LogP contribution < -0.4 is 10.6 Å². The van der Waals surface area contributed by atoms with E-state index in [-0.39, 0.29) is 24.0 Å². The monoisotopic (exact) mass is 419 g/mol. The molecule has 0 spiro atoms. The van der Waals surface area contributed by atoms with Crippen LogP contribution in [0.5, 0.6) is 0 Å². The summed E-state index contributed by atoms with van der Waals surface area (Å²) in [5, 5.41) is 10.9. The molecule has 1 aliphatic heterocycles. The summed E-state index contributed by atoms with van der Waals surface area (Å²) in [4.78, 5) is 11.1. The molecule has 3 rings (SSSR count). The molecule has 0 aromatic carbocycles. The highest BCUT2D eigenvalue weighted by Crippen LogP contribution is 2.33. The summed E-state index contributed by atoms with van der Waals surface area (Å²) in [6.45, 7) is 4.08. The Morgan fingerprint density at radius 1 is 1.45 bits per heavy atom. The van der Waals surface area contributed by atoms with Gasteiger partial charge in [0.1, 0.15) is 12.2 Å². The number of halogens is 1. The van der Waals surface area contributed by atoms with Crippen LogP contribution in [0.4, 0.5) is 0 Å². The van der Waals surface area contributed by atoms with Crippen molar-refractivity contribution in [3.8, 4) is 0 Å². The molecule has 0 radical (unpaired) electrons. The van der Waals surface area contributed by atoms with Gasteiger partial charge in [-0.1, -0.05) is 0 Å².